The van der Waals surface area contributed by atoms with Crippen molar-refractivity contribution in [3.8, 4) is 0 Å². The molecule has 1 aliphatic heterocycles. The third-order valence-corrected chi connectivity index (χ3v) is 3.86. The molecule has 1 aliphatic carbocycles. The molecule has 0 bridgehead atoms. The van der Waals surface area contributed by atoms with Gasteiger partial charge in [-0.2, -0.15) is 0 Å². The topological polar surface area (TPSA) is 29.5 Å². The lowest BCUT2D eigenvalue weighted by molar-refractivity contribution is -0.0254. The molecular weight excluding hydrogens is 188 g/mol. The summed E-state index contributed by atoms with van der Waals surface area (Å²) in [4.78, 5) is 0. The van der Waals surface area contributed by atoms with Crippen LogP contribution >= 0.6 is 0 Å². The van der Waals surface area contributed by atoms with Gasteiger partial charge in [-0.25, -0.2) is 0 Å². The van der Waals surface area contributed by atoms with E-state index in [0.717, 1.165) is 31.4 Å². The van der Waals surface area contributed by atoms with Crippen molar-refractivity contribution >= 4 is 0 Å². The molecule has 1 fully saturated rings. The summed E-state index contributed by atoms with van der Waals surface area (Å²) in [7, 11) is 0. The number of aliphatic hydroxyl groups is 1. The van der Waals surface area contributed by atoms with Gasteiger partial charge in [-0.3, -0.25) is 0 Å². The van der Waals surface area contributed by atoms with E-state index in [4.69, 9.17) is 4.74 Å². The summed E-state index contributed by atoms with van der Waals surface area (Å²) < 4.78 is 5.39. The van der Waals surface area contributed by atoms with Crippen molar-refractivity contribution in [2.75, 3.05) is 13.2 Å². The molecule has 2 aliphatic rings. The van der Waals surface area contributed by atoms with Gasteiger partial charge in [0.05, 0.1) is 12.2 Å². The van der Waals surface area contributed by atoms with E-state index < -0.39 is 5.60 Å². The van der Waals surface area contributed by atoms with Crippen molar-refractivity contribution in [1.82, 2.24) is 0 Å². The SMILES string of the molecule is OC1(C2CCOC2)CCc2ccccc21. The van der Waals surface area contributed by atoms with Gasteiger partial charge in [0.1, 0.15) is 0 Å². The Balaban J connectivity index is 2.00. The van der Waals surface area contributed by atoms with Gasteiger partial charge < -0.3 is 9.84 Å². The van der Waals surface area contributed by atoms with Gasteiger partial charge >= 0.3 is 0 Å². The Bertz CT molecular complexity index is 369. The zero-order valence-corrected chi connectivity index (χ0v) is 8.78. The molecule has 1 heterocycles. The molecular formula is C13H16O2. The van der Waals surface area contributed by atoms with Crippen LogP contribution in [-0.4, -0.2) is 18.3 Å². The largest absolute Gasteiger partial charge is 0.385 e. The van der Waals surface area contributed by atoms with Crippen molar-refractivity contribution in [3.63, 3.8) is 0 Å². The van der Waals surface area contributed by atoms with Crippen LogP contribution in [0.3, 0.4) is 0 Å². The van der Waals surface area contributed by atoms with Crippen molar-refractivity contribution in [2.24, 2.45) is 5.92 Å². The van der Waals surface area contributed by atoms with E-state index in [-0.39, 0.29) is 0 Å². The highest BCUT2D eigenvalue weighted by atomic mass is 16.5. The zero-order chi connectivity index (χ0) is 10.3. The maximum absolute atomic E-state index is 10.8. The Morgan fingerprint density at radius 3 is 3.00 bits per heavy atom. The number of hydrogen-bond donors (Lipinski definition) is 1. The predicted octanol–water partition coefficient (Wildman–Crippen LogP) is 1.86. The highest BCUT2D eigenvalue weighted by Gasteiger charge is 2.44. The highest BCUT2D eigenvalue weighted by molar-refractivity contribution is 5.37. The van der Waals surface area contributed by atoms with E-state index in [1.54, 1.807) is 0 Å². The molecule has 1 aromatic rings. The number of rotatable bonds is 1. The van der Waals surface area contributed by atoms with E-state index in [2.05, 4.69) is 18.2 Å². The molecule has 2 heteroatoms. The Morgan fingerprint density at radius 1 is 1.33 bits per heavy atom. The number of fused-ring (bicyclic) bond motifs is 1. The Hall–Kier alpha value is -0.860. The number of benzene rings is 1. The maximum atomic E-state index is 10.8. The lowest BCUT2D eigenvalue weighted by atomic mass is 9.82. The van der Waals surface area contributed by atoms with Crippen LogP contribution in [0.4, 0.5) is 0 Å². The van der Waals surface area contributed by atoms with Crippen LogP contribution in [0, 0.1) is 5.92 Å². The fourth-order valence-electron chi connectivity index (χ4n) is 2.96. The summed E-state index contributed by atoms with van der Waals surface area (Å²) >= 11 is 0. The highest BCUT2D eigenvalue weighted by Crippen LogP contribution is 2.44. The lowest BCUT2D eigenvalue weighted by Crippen LogP contribution is -2.33. The average Bonchev–Trinajstić information content (AvgIpc) is 2.88. The first-order chi connectivity index (χ1) is 7.31. The minimum Gasteiger partial charge on any atom is -0.385 e. The van der Waals surface area contributed by atoms with Crippen LogP contribution < -0.4 is 0 Å². The molecule has 15 heavy (non-hydrogen) atoms. The molecule has 0 spiro atoms. The van der Waals surface area contributed by atoms with Crippen LogP contribution in [0.2, 0.25) is 0 Å². The fraction of sp³-hybridized carbons (Fsp3) is 0.538. The van der Waals surface area contributed by atoms with E-state index >= 15 is 0 Å². The molecule has 2 atom stereocenters. The molecule has 2 unspecified atom stereocenters. The van der Waals surface area contributed by atoms with Gasteiger partial charge in [-0.15, -0.1) is 0 Å². The minimum atomic E-state index is -0.618. The quantitative estimate of drug-likeness (QED) is 0.756. The summed E-state index contributed by atoms with van der Waals surface area (Å²) in [6.07, 6.45) is 2.86. The number of ether oxygens (including phenoxy) is 1. The fourth-order valence-corrected chi connectivity index (χ4v) is 2.96. The van der Waals surface area contributed by atoms with Crippen molar-refractivity contribution in [2.45, 2.75) is 24.9 Å². The van der Waals surface area contributed by atoms with E-state index in [1.807, 2.05) is 6.07 Å². The summed E-state index contributed by atoms with van der Waals surface area (Å²) in [6, 6.07) is 8.27. The predicted molar refractivity (Wildman–Crippen MR) is 57.6 cm³/mol. The summed E-state index contributed by atoms with van der Waals surface area (Å²) in [5.41, 5.74) is 1.83. The molecule has 0 aromatic heterocycles. The van der Waals surface area contributed by atoms with Gasteiger partial charge in [-0.05, 0) is 30.4 Å². The van der Waals surface area contributed by atoms with Gasteiger partial charge in [0.25, 0.3) is 0 Å². The van der Waals surface area contributed by atoms with Gasteiger partial charge in [-0.1, -0.05) is 24.3 Å². The second-order valence-electron chi connectivity index (χ2n) is 4.64. The molecule has 1 aromatic carbocycles. The van der Waals surface area contributed by atoms with Crippen LogP contribution in [0.15, 0.2) is 24.3 Å². The minimum absolute atomic E-state index is 0.293. The first-order valence-electron chi connectivity index (χ1n) is 5.69. The second kappa shape index (κ2) is 3.32. The van der Waals surface area contributed by atoms with E-state index in [0.29, 0.717) is 12.5 Å². The second-order valence-corrected chi connectivity index (χ2v) is 4.64. The monoisotopic (exact) mass is 204 g/mol. The summed E-state index contributed by atoms with van der Waals surface area (Å²) in [5, 5.41) is 10.8. The molecule has 0 saturated carbocycles. The molecule has 3 rings (SSSR count). The third kappa shape index (κ3) is 1.32. The molecule has 0 amide bonds. The van der Waals surface area contributed by atoms with E-state index in [1.165, 1.54) is 5.56 Å². The van der Waals surface area contributed by atoms with Crippen molar-refractivity contribution in [3.05, 3.63) is 35.4 Å². The van der Waals surface area contributed by atoms with E-state index in [9.17, 15) is 5.11 Å². The Kier molecular flexibility index (Phi) is 2.08. The maximum Gasteiger partial charge on any atom is 0.0953 e. The lowest BCUT2D eigenvalue weighted by Gasteiger charge is -2.29. The molecule has 0 radical (unpaired) electrons. The molecule has 2 nitrogen and oxygen atoms in total. The van der Waals surface area contributed by atoms with Crippen molar-refractivity contribution < 1.29 is 9.84 Å². The first-order valence-corrected chi connectivity index (χ1v) is 5.69. The average molecular weight is 204 g/mol. The molecule has 1 N–H and O–H groups in total. The summed E-state index contributed by atoms with van der Waals surface area (Å²) in [6.45, 7) is 1.51. The van der Waals surface area contributed by atoms with Crippen LogP contribution in [-0.2, 0) is 16.8 Å². The van der Waals surface area contributed by atoms with Crippen molar-refractivity contribution in [1.29, 1.82) is 0 Å². The van der Waals surface area contributed by atoms with Gasteiger partial charge in [0.2, 0.25) is 0 Å². The zero-order valence-electron chi connectivity index (χ0n) is 8.78. The third-order valence-electron chi connectivity index (χ3n) is 3.86. The first kappa shape index (κ1) is 9.37. The van der Waals surface area contributed by atoms with Gasteiger partial charge in [0.15, 0.2) is 0 Å². The summed E-state index contributed by atoms with van der Waals surface area (Å²) in [5.74, 6) is 0.293. The smallest absolute Gasteiger partial charge is 0.0953 e. The molecule has 80 valence electrons. The standard InChI is InChI=1S/C13H16O2/c14-13(11-6-8-15-9-11)7-5-10-3-1-2-4-12(10)13/h1-4,11,14H,5-9H2. The Morgan fingerprint density at radius 2 is 2.20 bits per heavy atom. The van der Waals surface area contributed by atoms with Gasteiger partial charge in [0, 0.05) is 12.5 Å². The Labute approximate surface area is 89.9 Å². The van der Waals surface area contributed by atoms with Crippen LogP contribution in [0.25, 0.3) is 0 Å². The van der Waals surface area contributed by atoms with Crippen LogP contribution in [0.5, 0.6) is 0 Å². The number of aryl methyl sites for hydroxylation is 1. The number of hydrogen-bond acceptors (Lipinski definition) is 2. The molecule has 1 saturated heterocycles. The van der Waals surface area contributed by atoms with Crippen LogP contribution in [0.1, 0.15) is 24.0 Å². The normalized spacial score (nSPS) is 34.3.